The summed E-state index contributed by atoms with van der Waals surface area (Å²) in [7, 11) is 1.68. The largest absolute Gasteiger partial charge is 0.497 e. The van der Waals surface area contributed by atoms with Gasteiger partial charge < -0.3 is 10.1 Å². The van der Waals surface area contributed by atoms with Gasteiger partial charge in [-0.05, 0) is 48.0 Å². The van der Waals surface area contributed by atoms with Crippen LogP contribution in [0.15, 0.2) is 67.0 Å². The number of rotatable bonds is 5. The van der Waals surface area contributed by atoms with Crippen molar-refractivity contribution in [3.8, 4) is 11.4 Å². The zero-order chi connectivity index (χ0) is 14.5. The molecule has 2 aromatic carbocycles. The Hall–Kier alpha value is -2.75. The number of nitrogens with zero attached hydrogens (tertiary/aromatic N) is 2. The van der Waals surface area contributed by atoms with Gasteiger partial charge in [0.05, 0.1) is 12.8 Å². The fourth-order valence-corrected chi connectivity index (χ4v) is 2.10. The van der Waals surface area contributed by atoms with Gasteiger partial charge in [-0.15, -0.1) is 0 Å². The molecule has 0 spiro atoms. The molecule has 0 amide bonds. The molecule has 0 atom stereocenters. The van der Waals surface area contributed by atoms with E-state index in [1.807, 2.05) is 41.2 Å². The van der Waals surface area contributed by atoms with Crippen molar-refractivity contribution < 1.29 is 4.74 Å². The van der Waals surface area contributed by atoms with Crippen molar-refractivity contribution in [1.82, 2.24) is 9.78 Å². The smallest absolute Gasteiger partial charge is 0.118 e. The summed E-state index contributed by atoms with van der Waals surface area (Å²) in [5.41, 5.74) is 3.35. The van der Waals surface area contributed by atoms with E-state index in [2.05, 4.69) is 34.7 Å². The van der Waals surface area contributed by atoms with Crippen molar-refractivity contribution in [1.29, 1.82) is 0 Å². The van der Waals surface area contributed by atoms with E-state index in [1.165, 1.54) is 5.56 Å². The topological polar surface area (TPSA) is 39.1 Å². The van der Waals surface area contributed by atoms with Gasteiger partial charge in [-0.25, -0.2) is 4.68 Å². The third kappa shape index (κ3) is 3.23. The van der Waals surface area contributed by atoms with Crippen molar-refractivity contribution in [2.45, 2.75) is 6.54 Å². The number of benzene rings is 2. The summed E-state index contributed by atoms with van der Waals surface area (Å²) in [6, 6.07) is 18.2. The predicted octanol–water partition coefficient (Wildman–Crippen LogP) is 3.49. The van der Waals surface area contributed by atoms with Gasteiger partial charge >= 0.3 is 0 Å². The first-order chi connectivity index (χ1) is 10.3. The average Bonchev–Trinajstić information content (AvgIpc) is 3.08. The van der Waals surface area contributed by atoms with E-state index < -0.39 is 0 Å². The fraction of sp³-hybridized carbons (Fsp3) is 0.118. The molecule has 106 valence electrons. The molecule has 4 heteroatoms. The van der Waals surface area contributed by atoms with Crippen LogP contribution in [0.3, 0.4) is 0 Å². The van der Waals surface area contributed by atoms with Gasteiger partial charge in [-0.2, -0.15) is 5.10 Å². The van der Waals surface area contributed by atoms with Crippen molar-refractivity contribution in [2.75, 3.05) is 12.4 Å². The highest BCUT2D eigenvalue weighted by Gasteiger charge is 1.98. The second-order valence-electron chi connectivity index (χ2n) is 4.70. The standard InChI is InChI=1S/C17H17N3O/c1-21-17-9-3-14(4-10-17)13-18-15-5-7-16(8-6-15)20-12-2-11-19-20/h2-12,18H,13H2,1H3. The van der Waals surface area contributed by atoms with Crippen LogP contribution in [0.2, 0.25) is 0 Å². The highest BCUT2D eigenvalue weighted by atomic mass is 16.5. The number of hydrogen-bond donors (Lipinski definition) is 1. The van der Waals surface area contributed by atoms with E-state index >= 15 is 0 Å². The first-order valence-corrected chi connectivity index (χ1v) is 6.82. The van der Waals surface area contributed by atoms with Crippen molar-refractivity contribution in [3.05, 3.63) is 72.6 Å². The van der Waals surface area contributed by atoms with Crippen LogP contribution in [0.4, 0.5) is 5.69 Å². The molecule has 4 nitrogen and oxygen atoms in total. The molecular formula is C17H17N3O. The Morgan fingerprint density at radius 3 is 2.43 bits per heavy atom. The number of anilines is 1. The van der Waals surface area contributed by atoms with Crippen LogP contribution in [-0.4, -0.2) is 16.9 Å². The van der Waals surface area contributed by atoms with Gasteiger partial charge in [0.25, 0.3) is 0 Å². The van der Waals surface area contributed by atoms with Crippen LogP contribution >= 0.6 is 0 Å². The van der Waals surface area contributed by atoms with E-state index in [9.17, 15) is 0 Å². The molecule has 21 heavy (non-hydrogen) atoms. The Morgan fingerprint density at radius 1 is 1.05 bits per heavy atom. The van der Waals surface area contributed by atoms with Crippen molar-refractivity contribution in [3.63, 3.8) is 0 Å². The second kappa shape index (κ2) is 6.13. The Labute approximate surface area is 124 Å². The average molecular weight is 279 g/mol. The summed E-state index contributed by atoms with van der Waals surface area (Å²) in [5.74, 6) is 0.877. The van der Waals surface area contributed by atoms with Crippen molar-refractivity contribution >= 4 is 5.69 Å². The fourth-order valence-electron chi connectivity index (χ4n) is 2.10. The van der Waals surface area contributed by atoms with Crippen LogP contribution in [0.25, 0.3) is 5.69 Å². The maximum absolute atomic E-state index is 5.15. The van der Waals surface area contributed by atoms with Gasteiger partial charge in [0.15, 0.2) is 0 Å². The normalized spacial score (nSPS) is 10.3. The number of methoxy groups -OCH3 is 1. The number of hydrogen-bond acceptors (Lipinski definition) is 3. The second-order valence-corrected chi connectivity index (χ2v) is 4.70. The lowest BCUT2D eigenvalue weighted by atomic mass is 10.2. The van der Waals surface area contributed by atoms with Crippen molar-refractivity contribution in [2.24, 2.45) is 0 Å². The first kappa shape index (κ1) is 13.2. The zero-order valence-electron chi connectivity index (χ0n) is 11.9. The molecule has 0 saturated carbocycles. The molecule has 0 aliphatic rings. The van der Waals surface area contributed by atoms with Gasteiger partial charge in [-0.1, -0.05) is 12.1 Å². The highest BCUT2D eigenvalue weighted by molar-refractivity contribution is 5.49. The molecule has 0 saturated heterocycles. The van der Waals surface area contributed by atoms with Gasteiger partial charge in [-0.3, -0.25) is 0 Å². The van der Waals surface area contributed by atoms with Crippen LogP contribution < -0.4 is 10.1 Å². The third-order valence-electron chi connectivity index (χ3n) is 3.29. The molecule has 1 heterocycles. The molecular weight excluding hydrogens is 262 g/mol. The maximum Gasteiger partial charge on any atom is 0.118 e. The minimum absolute atomic E-state index is 0.783. The minimum atomic E-state index is 0.783. The van der Waals surface area contributed by atoms with E-state index in [4.69, 9.17) is 4.74 Å². The molecule has 0 aliphatic carbocycles. The lowest BCUT2D eigenvalue weighted by Crippen LogP contribution is -2.00. The molecule has 0 aliphatic heterocycles. The molecule has 0 fully saturated rings. The van der Waals surface area contributed by atoms with Crippen LogP contribution in [0.1, 0.15) is 5.56 Å². The molecule has 0 unspecified atom stereocenters. The summed E-state index contributed by atoms with van der Waals surface area (Å²) >= 11 is 0. The SMILES string of the molecule is COc1ccc(CNc2ccc(-n3cccn3)cc2)cc1. The van der Waals surface area contributed by atoms with Gasteiger partial charge in [0.2, 0.25) is 0 Å². The molecule has 0 bridgehead atoms. The third-order valence-corrected chi connectivity index (χ3v) is 3.29. The lowest BCUT2D eigenvalue weighted by molar-refractivity contribution is 0.414. The lowest BCUT2D eigenvalue weighted by Gasteiger charge is -2.08. The Balaban J connectivity index is 1.62. The Morgan fingerprint density at radius 2 is 1.81 bits per heavy atom. The number of ether oxygens (including phenoxy) is 1. The highest BCUT2D eigenvalue weighted by Crippen LogP contribution is 2.15. The molecule has 0 radical (unpaired) electrons. The molecule has 3 rings (SSSR count). The first-order valence-electron chi connectivity index (χ1n) is 6.82. The Kier molecular flexibility index (Phi) is 3.87. The van der Waals surface area contributed by atoms with E-state index in [-0.39, 0.29) is 0 Å². The summed E-state index contributed by atoms with van der Waals surface area (Å²) in [4.78, 5) is 0. The van der Waals surface area contributed by atoms with Gasteiger partial charge in [0, 0.05) is 24.6 Å². The quantitative estimate of drug-likeness (QED) is 0.777. The summed E-state index contributed by atoms with van der Waals surface area (Å²) in [5, 5.41) is 7.61. The Bertz CT molecular complexity index is 673. The molecule has 3 aromatic rings. The maximum atomic E-state index is 5.15. The summed E-state index contributed by atoms with van der Waals surface area (Å²) in [6.07, 6.45) is 3.70. The number of nitrogens with one attached hydrogen (secondary N) is 1. The monoisotopic (exact) mass is 279 g/mol. The van der Waals surface area contributed by atoms with Crippen LogP contribution in [0, 0.1) is 0 Å². The van der Waals surface area contributed by atoms with Gasteiger partial charge in [0.1, 0.15) is 5.75 Å². The molecule has 1 N–H and O–H groups in total. The molecule has 1 aromatic heterocycles. The van der Waals surface area contributed by atoms with E-state index in [0.717, 1.165) is 23.7 Å². The zero-order valence-corrected chi connectivity index (χ0v) is 11.9. The summed E-state index contributed by atoms with van der Waals surface area (Å²) < 4.78 is 6.99. The van der Waals surface area contributed by atoms with Crippen LogP contribution in [0.5, 0.6) is 5.75 Å². The minimum Gasteiger partial charge on any atom is -0.497 e. The van der Waals surface area contributed by atoms with Crippen LogP contribution in [-0.2, 0) is 6.54 Å². The number of aromatic nitrogens is 2. The predicted molar refractivity (Wildman–Crippen MR) is 83.9 cm³/mol. The summed E-state index contributed by atoms with van der Waals surface area (Å²) in [6.45, 7) is 0.783. The van der Waals surface area contributed by atoms with E-state index in [1.54, 1.807) is 13.3 Å². The van der Waals surface area contributed by atoms with E-state index in [0.29, 0.717) is 0 Å².